The van der Waals surface area contributed by atoms with Gasteiger partial charge in [-0.3, -0.25) is 4.79 Å². The summed E-state index contributed by atoms with van der Waals surface area (Å²) in [6, 6.07) is 11.0. The van der Waals surface area contributed by atoms with Crippen molar-refractivity contribution in [2.45, 2.75) is 63.3 Å². The maximum absolute atomic E-state index is 12.2. The van der Waals surface area contributed by atoms with Crippen molar-refractivity contribution >= 4 is 11.9 Å². The summed E-state index contributed by atoms with van der Waals surface area (Å²) in [5, 5.41) is 9.82. The van der Waals surface area contributed by atoms with Crippen LogP contribution in [-0.2, 0) is 10.2 Å². The van der Waals surface area contributed by atoms with Gasteiger partial charge in [0.1, 0.15) is 6.54 Å². The lowest BCUT2D eigenvalue weighted by Gasteiger charge is -2.22. The lowest BCUT2D eigenvalue weighted by molar-refractivity contribution is -0.120. The molecule has 1 aromatic carbocycles. The minimum atomic E-state index is 0.0262. The minimum absolute atomic E-state index is 0.0262. The number of carbonyl (C=O) groups excluding carboxylic acids is 1. The molecule has 1 amide bonds. The van der Waals surface area contributed by atoms with Gasteiger partial charge in [-0.25, -0.2) is 4.99 Å². The first kappa shape index (κ1) is 18.7. The SMILES string of the molecule is CCNC(=NCC(=O)NC1CCCCC1)NCC1(c2ccccc2)CC1. The fourth-order valence-electron chi connectivity index (χ4n) is 3.78. The zero-order chi connectivity index (χ0) is 18.2. The van der Waals surface area contributed by atoms with Gasteiger partial charge >= 0.3 is 0 Å². The van der Waals surface area contributed by atoms with Gasteiger partial charge in [0.2, 0.25) is 5.91 Å². The first-order valence-electron chi connectivity index (χ1n) is 10.1. The van der Waals surface area contributed by atoms with Crippen molar-refractivity contribution in [1.82, 2.24) is 16.0 Å². The highest BCUT2D eigenvalue weighted by Gasteiger charge is 2.44. The molecule has 2 fully saturated rings. The molecule has 0 unspecified atom stereocenters. The number of amides is 1. The summed E-state index contributed by atoms with van der Waals surface area (Å²) < 4.78 is 0. The second kappa shape index (κ2) is 9.06. The Bertz CT molecular complexity index is 604. The molecule has 5 heteroatoms. The van der Waals surface area contributed by atoms with E-state index >= 15 is 0 Å². The van der Waals surface area contributed by atoms with Crippen molar-refractivity contribution in [3.63, 3.8) is 0 Å². The van der Waals surface area contributed by atoms with Gasteiger partial charge in [0.15, 0.2) is 5.96 Å². The maximum atomic E-state index is 12.2. The van der Waals surface area contributed by atoms with Gasteiger partial charge in [-0.15, -0.1) is 0 Å². The molecule has 0 bridgehead atoms. The number of rotatable bonds is 7. The molecule has 2 saturated carbocycles. The number of guanidine groups is 1. The fourth-order valence-corrected chi connectivity index (χ4v) is 3.78. The van der Waals surface area contributed by atoms with Crippen LogP contribution in [0.15, 0.2) is 35.3 Å². The molecular formula is C21H32N4O. The standard InChI is InChI=1S/C21H32N4O/c1-2-22-20(23-15-19(26)25-18-11-7-4-8-12-18)24-16-21(13-14-21)17-9-5-3-6-10-17/h3,5-6,9-10,18H,2,4,7-8,11-16H2,1H3,(H,25,26)(H2,22,23,24). The number of nitrogens with zero attached hydrogens (tertiary/aromatic N) is 1. The quantitative estimate of drug-likeness (QED) is 0.520. The first-order chi connectivity index (χ1) is 12.7. The predicted molar refractivity (Wildman–Crippen MR) is 106 cm³/mol. The molecule has 142 valence electrons. The molecule has 2 aliphatic carbocycles. The van der Waals surface area contributed by atoms with E-state index in [4.69, 9.17) is 0 Å². The Kier molecular flexibility index (Phi) is 6.53. The van der Waals surface area contributed by atoms with Crippen molar-refractivity contribution in [2.75, 3.05) is 19.6 Å². The first-order valence-corrected chi connectivity index (χ1v) is 10.1. The summed E-state index contributed by atoms with van der Waals surface area (Å²) in [7, 11) is 0. The third kappa shape index (κ3) is 5.23. The van der Waals surface area contributed by atoms with Crippen LogP contribution in [0.25, 0.3) is 0 Å². The molecular weight excluding hydrogens is 324 g/mol. The van der Waals surface area contributed by atoms with Crippen LogP contribution in [0.4, 0.5) is 0 Å². The predicted octanol–water partition coefficient (Wildman–Crippen LogP) is 2.72. The normalized spacial score (nSPS) is 19.7. The second-order valence-corrected chi connectivity index (χ2v) is 7.60. The molecule has 2 aliphatic rings. The van der Waals surface area contributed by atoms with Gasteiger partial charge in [-0.05, 0) is 38.2 Å². The minimum Gasteiger partial charge on any atom is -0.357 e. The van der Waals surface area contributed by atoms with E-state index in [1.165, 1.54) is 37.7 Å². The van der Waals surface area contributed by atoms with Crippen LogP contribution in [-0.4, -0.2) is 37.5 Å². The Hall–Kier alpha value is -2.04. The van der Waals surface area contributed by atoms with Crippen molar-refractivity contribution < 1.29 is 4.79 Å². The van der Waals surface area contributed by atoms with E-state index in [0.29, 0.717) is 6.04 Å². The van der Waals surface area contributed by atoms with Gasteiger partial charge in [0.25, 0.3) is 0 Å². The Morgan fingerprint density at radius 2 is 1.85 bits per heavy atom. The van der Waals surface area contributed by atoms with Crippen molar-refractivity contribution in [2.24, 2.45) is 4.99 Å². The third-order valence-electron chi connectivity index (χ3n) is 5.53. The summed E-state index contributed by atoms with van der Waals surface area (Å²) in [4.78, 5) is 16.7. The van der Waals surface area contributed by atoms with Gasteiger partial charge in [-0.2, -0.15) is 0 Å². The van der Waals surface area contributed by atoms with E-state index in [9.17, 15) is 4.79 Å². The average molecular weight is 357 g/mol. The molecule has 0 spiro atoms. The zero-order valence-electron chi connectivity index (χ0n) is 15.9. The summed E-state index contributed by atoms with van der Waals surface area (Å²) >= 11 is 0. The largest absolute Gasteiger partial charge is 0.357 e. The topological polar surface area (TPSA) is 65.5 Å². The number of benzene rings is 1. The van der Waals surface area contributed by atoms with Crippen LogP contribution in [0.5, 0.6) is 0 Å². The Balaban J connectivity index is 1.50. The van der Waals surface area contributed by atoms with E-state index in [0.717, 1.165) is 31.9 Å². The van der Waals surface area contributed by atoms with Crippen LogP contribution in [0.2, 0.25) is 0 Å². The fraction of sp³-hybridized carbons (Fsp3) is 0.619. The molecule has 0 saturated heterocycles. The molecule has 1 aromatic rings. The molecule has 0 radical (unpaired) electrons. The Morgan fingerprint density at radius 1 is 1.12 bits per heavy atom. The van der Waals surface area contributed by atoms with Crippen LogP contribution in [0.3, 0.4) is 0 Å². The highest BCUT2D eigenvalue weighted by molar-refractivity contribution is 5.85. The molecule has 26 heavy (non-hydrogen) atoms. The van der Waals surface area contributed by atoms with Crippen LogP contribution in [0.1, 0.15) is 57.4 Å². The smallest absolute Gasteiger partial charge is 0.242 e. The number of nitrogens with one attached hydrogen (secondary N) is 3. The van der Waals surface area contributed by atoms with Crippen LogP contribution < -0.4 is 16.0 Å². The third-order valence-corrected chi connectivity index (χ3v) is 5.53. The van der Waals surface area contributed by atoms with Gasteiger partial charge in [0.05, 0.1) is 0 Å². The monoisotopic (exact) mass is 356 g/mol. The zero-order valence-corrected chi connectivity index (χ0v) is 15.9. The molecule has 0 aromatic heterocycles. The van der Waals surface area contributed by atoms with Gasteiger partial charge in [0, 0.05) is 24.5 Å². The van der Waals surface area contributed by atoms with Crippen molar-refractivity contribution in [3.05, 3.63) is 35.9 Å². The Morgan fingerprint density at radius 3 is 2.50 bits per heavy atom. The summed E-state index contributed by atoms with van der Waals surface area (Å²) in [5.41, 5.74) is 1.61. The summed E-state index contributed by atoms with van der Waals surface area (Å²) in [5.74, 6) is 0.756. The molecule has 3 N–H and O–H groups in total. The molecule has 0 atom stereocenters. The highest BCUT2D eigenvalue weighted by Crippen LogP contribution is 2.47. The number of hydrogen-bond acceptors (Lipinski definition) is 2. The van der Waals surface area contributed by atoms with Crippen molar-refractivity contribution in [1.29, 1.82) is 0 Å². The van der Waals surface area contributed by atoms with Crippen LogP contribution >= 0.6 is 0 Å². The van der Waals surface area contributed by atoms with Gasteiger partial charge < -0.3 is 16.0 Å². The lowest BCUT2D eigenvalue weighted by Crippen LogP contribution is -2.42. The molecule has 0 heterocycles. The summed E-state index contributed by atoms with van der Waals surface area (Å²) in [6.45, 7) is 3.87. The lowest BCUT2D eigenvalue weighted by atomic mass is 9.95. The van der Waals surface area contributed by atoms with Crippen LogP contribution in [0, 0.1) is 0 Å². The summed E-state index contributed by atoms with van der Waals surface area (Å²) in [6.07, 6.45) is 8.35. The van der Waals surface area contributed by atoms with E-state index in [1.54, 1.807) is 0 Å². The molecule has 0 aliphatic heterocycles. The highest BCUT2D eigenvalue weighted by atomic mass is 16.1. The van der Waals surface area contributed by atoms with E-state index in [2.05, 4.69) is 51.3 Å². The second-order valence-electron chi connectivity index (χ2n) is 7.60. The number of hydrogen-bond donors (Lipinski definition) is 3. The molecule has 3 rings (SSSR count). The van der Waals surface area contributed by atoms with Gasteiger partial charge in [-0.1, -0.05) is 49.6 Å². The van der Waals surface area contributed by atoms with E-state index in [1.807, 2.05) is 6.92 Å². The number of aliphatic imine (C=N–C) groups is 1. The van der Waals surface area contributed by atoms with E-state index < -0.39 is 0 Å². The average Bonchev–Trinajstić information content (AvgIpc) is 3.47. The Labute approximate surface area is 157 Å². The maximum Gasteiger partial charge on any atom is 0.242 e. The van der Waals surface area contributed by atoms with Crippen molar-refractivity contribution in [3.8, 4) is 0 Å². The molecule has 5 nitrogen and oxygen atoms in total. The number of carbonyl (C=O) groups is 1. The van der Waals surface area contributed by atoms with E-state index in [-0.39, 0.29) is 17.9 Å².